The van der Waals surface area contributed by atoms with Gasteiger partial charge in [0, 0.05) is 52.7 Å². The predicted octanol–water partition coefficient (Wildman–Crippen LogP) is 6.39. The first-order valence-corrected chi connectivity index (χ1v) is 19.4. The van der Waals surface area contributed by atoms with E-state index < -0.39 is 31.6 Å². The number of rotatable bonds is 10. The van der Waals surface area contributed by atoms with Gasteiger partial charge in [0.15, 0.2) is 5.60 Å². The minimum atomic E-state index is -3.57. The van der Waals surface area contributed by atoms with Gasteiger partial charge in [0.05, 0.1) is 24.8 Å². The monoisotopic (exact) mass is 680 g/mol. The van der Waals surface area contributed by atoms with Crippen molar-refractivity contribution >= 4 is 48.9 Å². The first-order valence-electron chi connectivity index (χ1n) is 16.4. The van der Waals surface area contributed by atoms with Gasteiger partial charge >= 0.3 is 0 Å². The van der Waals surface area contributed by atoms with Crippen molar-refractivity contribution in [3.8, 4) is 0 Å². The highest BCUT2D eigenvalue weighted by molar-refractivity contribution is 6.72. The highest BCUT2D eigenvalue weighted by Gasteiger charge is 2.67. The number of aliphatic hydroxyl groups is 1. The number of hydrogen-bond acceptors (Lipinski definition) is 6. The van der Waals surface area contributed by atoms with Gasteiger partial charge in [0.2, 0.25) is 14.3 Å². The third kappa shape index (κ3) is 6.49. The largest absolute Gasteiger partial charge is 0.399 e. The minimum Gasteiger partial charge on any atom is -0.399 e. The van der Waals surface area contributed by atoms with E-state index in [1.807, 2.05) is 67.6 Å². The van der Waals surface area contributed by atoms with Crippen LogP contribution in [-0.4, -0.2) is 55.4 Å². The molecule has 0 aliphatic carbocycles. The van der Waals surface area contributed by atoms with Crippen molar-refractivity contribution < 1.29 is 28.3 Å². The number of anilines is 4. The zero-order valence-electron chi connectivity index (χ0n) is 27.8. The Bertz CT molecular complexity index is 1840. The highest BCUT2D eigenvalue weighted by atomic mass is 28.4. The number of nitrogens with one attached hydrogen (secondary N) is 1. The number of carbonyl (C=O) groups is 3. The second kappa shape index (κ2) is 13.6. The van der Waals surface area contributed by atoms with E-state index in [0.717, 1.165) is 5.56 Å². The molecule has 0 radical (unpaired) electrons. The van der Waals surface area contributed by atoms with Crippen LogP contribution in [0.2, 0.25) is 18.6 Å². The standard InChI is InChI=1S/C38H41FN4O5Si/c1-25-35(49(2,3)39)33(23-34(45)42(20-21-44)24-26-10-6-4-7-11-26)48-38(25)31-22-29(41-36(46)27-14-16-28(40)17-15-27)18-19-32(31)43(37(38)47)30-12-8-5-9-13-30/h4-19,22,25,33,35,44H,20-21,23-24,40H2,1-3H3,(H,41,46)/t25-,33+,35-,38+/m1/s1. The molecular formula is C38H41FN4O5Si. The Morgan fingerprint density at radius 3 is 2.29 bits per heavy atom. The second-order valence-electron chi connectivity index (χ2n) is 13.3. The summed E-state index contributed by atoms with van der Waals surface area (Å²) in [6.07, 6.45) is -1.07. The molecule has 0 unspecified atom stereocenters. The molecule has 3 amide bonds. The molecule has 6 rings (SSSR count). The molecule has 1 fully saturated rings. The first-order chi connectivity index (χ1) is 23.4. The van der Waals surface area contributed by atoms with E-state index >= 15 is 4.11 Å². The SMILES string of the molecule is C[C@@H]1[C@@H]([Si](C)(C)F)[C@H](CC(=O)N(CCO)Cc2ccccc2)O[C@@]12C(=O)N(c1ccccc1)c1ccc(NC(=O)c3ccc(N)cc3)cc12. The molecule has 4 N–H and O–H groups in total. The van der Waals surface area contributed by atoms with E-state index in [4.69, 9.17) is 10.5 Å². The second-order valence-corrected chi connectivity index (χ2v) is 17.1. The average molecular weight is 681 g/mol. The Morgan fingerprint density at radius 1 is 1.00 bits per heavy atom. The fraction of sp³-hybridized carbons (Fsp3) is 0.289. The van der Waals surface area contributed by atoms with Crippen molar-refractivity contribution in [1.29, 1.82) is 0 Å². The molecule has 11 heteroatoms. The minimum absolute atomic E-state index is 0.100. The summed E-state index contributed by atoms with van der Waals surface area (Å²) in [5.74, 6) is -1.69. The van der Waals surface area contributed by atoms with Gasteiger partial charge in [-0.25, -0.2) is 0 Å². The zero-order valence-corrected chi connectivity index (χ0v) is 28.8. The van der Waals surface area contributed by atoms with Gasteiger partial charge in [0.1, 0.15) is 0 Å². The molecule has 4 aromatic carbocycles. The van der Waals surface area contributed by atoms with Crippen LogP contribution in [0.1, 0.15) is 34.8 Å². The number of nitrogens with zero attached hydrogens (tertiary/aromatic N) is 2. The lowest BCUT2D eigenvalue weighted by atomic mass is 9.82. The van der Waals surface area contributed by atoms with E-state index in [-0.39, 0.29) is 43.8 Å². The number of aliphatic hydroxyl groups excluding tert-OH is 1. The van der Waals surface area contributed by atoms with Gasteiger partial charge in [-0.05, 0) is 73.3 Å². The maximum Gasteiger partial charge on any atom is 0.268 e. The fourth-order valence-electron chi connectivity index (χ4n) is 7.44. The molecule has 2 aliphatic rings. The summed E-state index contributed by atoms with van der Waals surface area (Å²) >= 11 is 0. The summed E-state index contributed by atoms with van der Waals surface area (Å²) in [7, 11) is -3.57. The molecule has 4 atom stereocenters. The quantitative estimate of drug-likeness (QED) is 0.101. The maximum atomic E-state index is 16.5. The van der Waals surface area contributed by atoms with Crippen molar-refractivity contribution in [2.24, 2.45) is 5.92 Å². The van der Waals surface area contributed by atoms with E-state index in [0.29, 0.717) is 33.9 Å². The number of amides is 3. The van der Waals surface area contributed by atoms with Crippen LogP contribution in [0.15, 0.2) is 103 Å². The molecule has 1 saturated heterocycles. The zero-order chi connectivity index (χ0) is 34.9. The lowest BCUT2D eigenvalue weighted by molar-refractivity contribution is -0.149. The lowest BCUT2D eigenvalue weighted by Gasteiger charge is -2.31. The average Bonchev–Trinajstić information content (AvgIpc) is 3.51. The number of carbonyl (C=O) groups excluding carboxylic acids is 3. The van der Waals surface area contributed by atoms with Gasteiger partial charge in [-0.2, -0.15) is 0 Å². The summed E-state index contributed by atoms with van der Waals surface area (Å²) < 4.78 is 23.3. The summed E-state index contributed by atoms with van der Waals surface area (Å²) in [5.41, 5.74) is 7.40. The predicted molar refractivity (Wildman–Crippen MR) is 190 cm³/mol. The van der Waals surface area contributed by atoms with E-state index in [1.54, 1.807) is 65.4 Å². The van der Waals surface area contributed by atoms with Gasteiger partial charge in [-0.1, -0.05) is 55.5 Å². The first kappa shape index (κ1) is 34.0. The number of fused-ring (bicyclic) bond motifs is 2. The summed E-state index contributed by atoms with van der Waals surface area (Å²) in [6, 6.07) is 30.3. The van der Waals surface area contributed by atoms with Crippen LogP contribution in [0.5, 0.6) is 0 Å². The van der Waals surface area contributed by atoms with Crippen molar-refractivity contribution in [1.82, 2.24) is 4.90 Å². The molecule has 0 saturated carbocycles. The smallest absolute Gasteiger partial charge is 0.268 e. The Hall–Kier alpha value is -4.84. The molecule has 9 nitrogen and oxygen atoms in total. The number of ether oxygens (including phenoxy) is 1. The third-order valence-corrected chi connectivity index (χ3v) is 12.1. The summed E-state index contributed by atoms with van der Waals surface area (Å²) in [6.45, 7) is 5.14. The van der Waals surface area contributed by atoms with Crippen LogP contribution in [0.25, 0.3) is 0 Å². The summed E-state index contributed by atoms with van der Waals surface area (Å²) in [4.78, 5) is 45.1. The van der Waals surface area contributed by atoms with Crippen LogP contribution < -0.4 is 16.0 Å². The highest BCUT2D eigenvalue weighted by Crippen LogP contribution is 2.61. The number of para-hydroxylation sites is 1. The topological polar surface area (TPSA) is 125 Å². The van der Waals surface area contributed by atoms with Crippen LogP contribution >= 0.6 is 0 Å². The van der Waals surface area contributed by atoms with E-state index in [2.05, 4.69) is 5.32 Å². The molecule has 4 aromatic rings. The molecule has 49 heavy (non-hydrogen) atoms. The van der Waals surface area contributed by atoms with E-state index in [9.17, 15) is 19.5 Å². The van der Waals surface area contributed by atoms with Crippen molar-refractivity contribution in [3.05, 3.63) is 120 Å². The van der Waals surface area contributed by atoms with Gasteiger partial charge in [-0.15, -0.1) is 0 Å². The van der Waals surface area contributed by atoms with Gasteiger partial charge < -0.3 is 29.9 Å². The molecule has 0 bridgehead atoms. The molecule has 1 spiro atoms. The third-order valence-electron chi connectivity index (χ3n) is 9.63. The fourth-order valence-corrected chi connectivity index (χ4v) is 9.93. The molecule has 254 valence electrons. The molecule has 0 aromatic heterocycles. The lowest BCUT2D eigenvalue weighted by Crippen LogP contribution is -2.44. The summed E-state index contributed by atoms with van der Waals surface area (Å²) in [5, 5.41) is 12.7. The van der Waals surface area contributed by atoms with Crippen molar-refractivity contribution in [2.45, 2.75) is 50.2 Å². The van der Waals surface area contributed by atoms with Crippen LogP contribution in [-0.2, 0) is 26.5 Å². The van der Waals surface area contributed by atoms with Gasteiger partial charge in [-0.3, -0.25) is 19.3 Å². The molecule has 2 aliphatic heterocycles. The van der Waals surface area contributed by atoms with E-state index in [1.165, 1.54) is 0 Å². The Kier molecular flexibility index (Phi) is 9.43. The number of nitrogen functional groups attached to an aromatic ring is 1. The molecule has 2 heterocycles. The normalized spacial score (nSPS) is 21.5. The number of hydrogen-bond donors (Lipinski definition) is 3. The number of nitrogens with two attached hydrogens (primary N) is 1. The van der Waals surface area contributed by atoms with Crippen molar-refractivity contribution in [3.63, 3.8) is 0 Å². The maximum absolute atomic E-state index is 16.5. The Balaban J connectivity index is 1.40. The van der Waals surface area contributed by atoms with Gasteiger partial charge in [0.25, 0.3) is 11.8 Å². The number of halogens is 1. The van der Waals surface area contributed by atoms with Crippen LogP contribution in [0, 0.1) is 5.92 Å². The number of benzene rings is 4. The van der Waals surface area contributed by atoms with Crippen LogP contribution in [0.3, 0.4) is 0 Å². The Morgan fingerprint density at radius 2 is 1.65 bits per heavy atom. The van der Waals surface area contributed by atoms with Crippen molar-refractivity contribution in [2.75, 3.05) is 29.1 Å². The Labute approximate surface area is 286 Å². The van der Waals surface area contributed by atoms with Crippen LogP contribution in [0.4, 0.5) is 26.9 Å². The molecular weight excluding hydrogens is 640 g/mol.